The maximum absolute atomic E-state index is 13.8. The molecule has 2 aromatic rings. The fourth-order valence-electron chi connectivity index (χ4n) is 4.59. The van der Waals surface area contributed by atoms with Crippen LogP contribution in [0.5, 0.6) is 0 Å². The Kier molecular flexibility index (Phi) is 5.12. The van der Waals surface area contributed by atoms with E-state index in [2.05, 4.69) is 10.6 Å². The van der Waals surface area contributed by atoms with Gasteiger partial charge < -0.3 is 15.5 Å². The van der Waals surface area contributed by atoms with Crippen molar-refractivity contribution in [2.24, 2.45) is 0 Å². The second kappa shape index (κ2) is 7.37. The minimum Gasteiger partial charge on any atom is -0.381 e. The van der Waals surface area contributed by atoms with Crippen molar-refractivity contribution in [1.29, 1.82) is 0 Å². The van der Waals surface area contributed by atoms with Gasteiger partial charge in [0.2, 0.25) is 0 Å². The minimum atomic E-state index is -4.57. The topological polar surface area (TPSA) is 27.3 Å². The summed E-state index contributed by atoms with van der Waals surface area (Å²) in [5, 5.41) is 6.01. The van der Waals surface area contributed by atoms with E-state index in [-0.39, 0.29) is 35.4 Å². The number of rotatable bonds is 3. The van der Waals surface area contributed by atoms with E-state index >= 15 is 0 Å². The first-order chi connectivity index (χ1) is 14.1. The van der Waals surface area contributed by atoms with Gasteiger partial charge in [-0.15, -0.1) is 0 Å². The molecule has 3 nitrogen and oxygen atoms in total. The second-order valence-electron chi connectivity index (χ2n) is 7.75. The summed E-state index contributed by atoms with van der Waals surface area (Å²) in [6.07, 6.45) is -8.37. The first-order valence-corrected chi connectivity index (χ1v) is 9.65. The highest BCUT2D eigenvalue weighted by Gasteiger charge is 2.45. The third kappa shape index (κ3) is 3.71. The van der Waals surface area contributed by atoms with Crippen molar-refractivity contribution in [3.8, 4) is 0 Å². The van der Waals surface area contributed by atoms with Crippen LogP contribution in [0, 0.1) is 0 Å². The maximum Gasteiger partial charge on any atom is 0.418 e. The number of anilines is 2. The molecule has 2 N–H and O–H groups in total. The smallest absolute Gasteiger partial charge is 0.381 e. The van der Waals surface area contributed by atoms with Gasteiger partial charge in [-0.1, -0.05) is 18.2 Å². The van der Waals surface area contributed by atoms with Gasteiger partial charge in [0, 0.05) is 37.8 Å². The van der Waals surface area contributed by atoms with Crippen LogP contribution in [0.3, 0.4) is 0 Å². The van der Waals surface area contributed by atoms with E-state index in [1.165, 1.54) is 18.2 Å². The van der Waals surface area contributed by atoms with Crippen molar-refractivity contribution in [2.45, 2.75) is 37.3 Å². The summed E-state index contributed by atoms with van der Waals surface area (Å²) in [4.78, 5) is 1.70. The zero-order valence-corrected chi connectivity index (χ0v) is 16.2. The zero-order chi connectivity index (χ0) is 21.7. The molecule has 2 heterocycles. The summed E-state index contributed by atoms with van der Waals surface area (Å²) in [6.45, 7) is 1.08. The van der Waals surface area contributed by atoms with Gasteiger partial charge >= 0.3 is 12.4 Å². The molecule has 0 amide bonds. The Morgan fingerprint density at radius 2 is 1.73 bits per heavy atom. The van der Waals surface area contributed by atoms with Crippen LogP contribution in [0.4, 0.5) is 37.7 Å². The highest BCUT2D eigenvalue weighted by molar-refractivity contribution is 5.72. The molecule has 2 unspecified atom stereocenters. The Hall–Kier alpha value is -2.42. The lowest BCUT2D eigenvalue weighted by Crippen LogP contribution is -2.42. The van der Waals surface area contributed by atoms with Gasteiger partial charge in [-0.05, 0) is 42.3 Å². The van der Waals surface area contributed by atoms with Crippen LogP contribution in [0.25, 0.3) is 0 Å². The highest BCUT2D eigenvalue weighted by Crippen LogP contribution is 2.50. The van der Waals surface area contributed by atoms with Gasteiger partial charge in [0.25, 0.3) is 0 Å². The van der Waals surface area contributed by atoms with Crippen molar-refractivity contribution in [3.63, 3.8) is 0 Å². The van der Waals surface area contributed by atoms with Gasteiger partial charge in [-0.3, -0.25) is 0 Å². The monoisotopic (exact) mass is 429 g/mol. The van der Waals surface area contributed by atoms with Crippen molar-refractivity contribution >= 4 is 11.4 Å². The number of benzene rings is 2. The number of likely N-dealkylation sites (N-methyl/N-ethyl adjacent to an activating group) is 1. The van der Waals surface area contributed by atoms with Crippen molar-refractivity contribution in [2.75, 3.05) is 30.4 Å². The van der Waals surface area contributed by atoms with E-state index in [9.17, 15) is 26.3 Å². The number of hydrogen-bond donors (Lipinski definition) is 2. The maximum atomic E-state index is 13.8. The molecule has 30 heavy (non-hydrogen) atoms. The lowest BCUT2D eigenvalue weighted by Gasteiger charge is -2.31. The Bertz CT molecular complexity index is 937. The number of fused-ring (bicyclic) bond motifs is 3. The summed E-state index contributed by atoms with van der Waals surface area (Å²) in [6, 6.07) is 7.67. The summed E-state index contributed by atoms with van der Waals surface area (Å²) < 4.78 is 81.2. The first kappa shape index (κ1) is 20.8. The van der Waals surface area contributed by atoms with E-state index < -0.39 is 23.5 Å². The molecule has 4 rings (SSSR count). The zero-order valence-electron chi connectivity index (χ0n) is 16.2. The molecule has 0 aliphatic carbocycles. The molecule has 162 valence electrons. The molecule has 0 spiro atoms. The number of nitrogens with zero attached hydrogens (tertiary/aromatic N) is 1. The third-order valence-corrected chi connectivity index (χ3v) is 5.95. The molecule has 2 aliphatic heterocycles. The molecular formula is C21H21F6N3. The van der Waals surface area contributed by atoms with Crippen LogP contribution >= 0.6 is 0 Å². The molecule has 1 fully saturated rings. The van der Waals surface area contributed by atoms with Crippen molar-refractivity contribution < 1.29 is 26.3 Å². The largest absolute Gasteiger partial charge is 0.418 e. The fourth-order valence-corrected chi connectivity index (χ4v) is 4.59. The Labute approximate surface area is 170 Å². The molecule has 0 bridgehead atoms. The SMILES string of the molecule is CN1c2c(cc(NCc3ccccc3C(F)(F)F)cc2C(F)(F)F)C2CNCCC21. The predicted octanol–water partition coefficient (Wildman–Crippen LogP) is 5.23. The second-order valence-corrected chi connectivity index (χ2v) is 7.75. The molecule has 0 aromatic heterocycles. The summed E-state index contributed by atoms with van der Waals surface area (Å²) in [5.41, 5.74) is -0.667. The first-order valence-electron chi connectivity index (χ1n) is 9.65. The van der Waals surface area contributed by atoms with Crippen LogP contribution in [0.2, 0.25) is 0 Å². The number of halogens is 6. The van der Waals surface area contributed by atoms with E-state index in [0.717, 1.165) is 25.1 Å². The number of hydrogen-bond acceptors (Lipinski definition) is 3. The quantitative estimate of drug-likeness (QED) is 0.655. The number of nitrogens with one attached hydrogen (secondary N) is 2. The molecule has 2 atom stereocenters. The van der Waals surface area contributed by atoms with Gasteiger partial charge in [0.15, 0.2) is 0 Å². The standard InChI is InChI=1S/C21H21F6N3/c1-30-18-6-7-28-11-15(18)14-8-13(9-17(19(14)30)21(25,26)27)29-10-12-4-2-3-5-16(12)20(22,23)24/h2-5,8-9,15,18,28-29H,6-7,10-11H2,1H3. The van der Waals surface area contributed by atoms with Crippen molar-refractivity contribution in [1.82, 2.24) is 5.32 Å². The molecule has 0 radical (unpaired) electrons. The highest BCUT2D eigenvalue weighted by atomic mass is 19.4. The average molecular weight is 429 g/mol. The van der Waals surface area contributed by atoms with E-state index in [1.807, 2.05) is 0 Å². The van der Waals surface area contributed by atoms with Gasteiger partial charge in [0.05, 0.1) is 16.8 Å². The molecule has 2 aliphatic rings. The lowest BCUT2D eigenvalue weighted by molar-refractivity contribution is -0.138. The summed E-state index contributed by atoms with van der Waals surface area (Å²) in [7, 11) is 1.68. The van der Waals surface area contributed by atoms with Crippen LogP contribution in [0.1, 0.15) is 34.6 Å². The van der Waals surface area contributed by atoms with Crippen LogP contribution in [-0.4, -0.2) is 26.2 Å². The normalized spacial score (nSPS) is 21.4. The lowest BCUT2D eigenvalue weighted by atomic mass is 9.89. The molecule has 1 saturated heterocycles. The van der Waals surface area contributed by atoms with Gasteiger partial charge in [-0.25, -0.2) is 0 Å². The summed E-state index contributed by atoms with van der Waals surface area (Å²) >= 11 is 0. The van der Waals surface area contributed by atoms with Crippen LogP contribution in [-0.2, 0) is 18.9 Å². The van der Waals surface area contributed by atoms with E-state index in [4.69, 9.17) is 0 Å². The Morgan fingerprint density at radius 1 is 1.03 bits per heavy atom. The Balaban J connectivity index is 1.70. The van der Waals surface area contributed by atoms with Crippen LogP contribution < -0.4 is 15.5 Å². The predicted molar refractivity (Wildman–Crippen MR) is 103 cm³/mol. The van der Waals surface area contributed by atoms with Crippen LogP contribution in [0.15, 0.2) is 36.4 Å². The Morgan fingerprint density at radius 3 is 2.43 bits per heavy atom. The van der Waals surface area contributed by atoms with E-state index in [0.29, 0.717) is 12.1 Å². The minimum absolute atomic E-state index is 0.0200. The van der Waals surface area contributed by atoms with Gasteiger partial charge in [0.1, 0.15) is 0 Å². The fraction of sp³-hybridized carbons (Fsp3) is 0.429. The van der Waals surface area contributed by atoms with E-state index in [1.54, 1.807) is 18.0 Å². The number of alkyl halides is 6. The molecule has 2 aromatic carbocycles. The number of piperidine rings is 1. The van der Waals surface area contributed by atoms with Gasteiger partial charge in [-0.2, -0.15) is 26.3 Å². The third-order valence-electron chi connectivity index (χ3n) is 5.95. The molecule has 0 saturated carbocycles. The average Bonchev–Trinajstić information content (AvgIpc) is 2.97. The summed E-state index contributed by atoms with van der Waals surface area (Å²) in [5.74, 6) is -0.0935. The molecule has 9 heteroatoms. The van der Waals surface area contributed by atoms with Crippen molar-refractivity contribution in [3.05, 3.63) is 58.7 Å². The molecular weight excluding hydrogens is 408 g/mol.